The number of carbonyl (C=O) groups excluding carboxylic acids is 1. The average Bonchev–Trinajstić information content (AvgIpc) is 3.34. The van der Waals surface area contributed by atoms with E-state index >= 15 is 0 Å². The van der Waals surface area contributed by atoms with Gasteiger partial charge in [0.15, 0.2) is 5.82 Å². The molecule has 1 saturated heterocycles. The summed E-state index contributed by atoms with van der Waals surface area (Å²) in [6.07, 6.45) is 0.341. The summed E-state index contributed by atoms with van der Waals surface area (Å²) in [6.45, 7) is 8.97. The molecule has 0 aliphatic carbocycles. The molecule has 5 nitrogen and oxygen atoms in total. The number of halogens is 1. The van der Waals surface area contributed by atoms with Crippen LogP contribution in [0.1, 0.15) is 63.0 Å². The molecule has 156 valence electrons. The Morgan fingerprint density at radius 2 is 1.77 bits per heavy atom. The fourth-order valence-electron chi connectivity index (χ4n) is 3.83. The van der Waals surface area contributed by atoms with Gasteiger partial charge in [-0.15, -0.1) is 0 Å². The Morgan fingerprint density at radius 1 is 1.10 bits per heavy atom. The van der Waals surface area contributed by atoms with Crippen molar-refractivity contribution >= 4 is 5.91 Å². The zero-order valence-electron chi connectivity index (χ0n) is 17.7. The number of amides is 1. The van der Waals surface area contributed by atoms with E-state index in [2.05, 4.69) is 43.0 Å². The van der Waals surface area contributed by atoms with Crippen molar-refractivity contribution in [2.45, 2.75) is 51.5 Å². The van der Waals surface area contributed by atoms with Gasteiger partial charge in [0.05, 0.1) is 6.04 Å². The molecule has 1 aromatic heterocycles. The molecule has 1 fully saturated rings. The van der Waals surface area contributed by atoms with Crippen LogP contribution in [0.2, 0.25) is 0 Å². The minimum absolute atomic E-state index is 0.0395. The molecule has 0 saturated carbocycles. The van der Waals surface area contributed by atoms with E-state index < -0.39 is 0 Å². The highest BCUT2D eigenvalue weighted by Crippen LogP contribution is 2.34. The number of carbonyl (C=O) groups is 1. The monoisotopic (exact) mass is 407 g/mol. The van der Waals surface area contributed by atoms with Crippen LogP contribution in [-0.4, -0.2) is 27.5 Å². The largest absolute Gasteiger partial charge is 0.335 e. The number of hydrogen-bond donors (Lipinski definition) is 0. The number of nitrogens with zero attached hydrogens (tertiary/aromatic N) is 3. The van der Waals surface area contributed by atoms with Crippen molar-refractivity contribution in [2.24, 2.45) is 0 Å². The summed E-state index contributed by atoms with van der Waals surface area (Å²) < 4.78 is 18.7. The lowest BCUT2D eigenvalue weighted by Crippen LogP contribution is -2.28. The van der Waals surface area contributed by atoms with Gasteiger partial charge in [0.25, 0.3) is 5.89 Å². The summed E-state index contributed by atoms with van der Waals surface area (Å²) >= 11 is 0. The fraction of sp³-hybridized carbons (Fsp3) is 0.375. The topological polar surface area (TPSA) is 59.2 Å². The van der Waals surface area contributed by atoms with Crippen molar-refractivity contribution in [3.8, 4) is 11.5 Å². The summed E-state index contributed by atoms with van der Waals surface area (Å²) in [5, 5.41) is 4.14. The molecule has 2 atom stereocenters. The molecule has 2 heterocycles. The SMILES string of the molecule is CC(c1ccc(F)cc1)N1CC(c2noc(-c3ccc(C(C)(C)C)cc3)n2)CC1=O. The van der Waals surface area contributed by atoms with Gasteiger partial charge in [0, 0.05) is 24.4 Å². The molecule has 6 heteroatoms. The predicted molar refractivity (Wildman–Crippen MR) is 112 cm³/mol. The van der Waals surface area contributed by atoms with Gasteiger partial charge in [-0.1, -0.05) is 50.2 Å². The summed E-state index contributed by atoms with van der Waals surface area (Å²) in [4.78, 5) is 19.0. The second-order valence-corrected chi connectivity index (χ2v) is 8.96. The summed E-state index contributed by atoms with van der Waals surface area (Å²) in [7, 11) is 0. The first kappa shape index (κ1) is 20.3. The highest BCUT2D eigenvalue weighted by atomic mass is 19.1. The molecule has 0 radical (unpaired) electrons. The molecular formula is C24H26FN3O2. The van der Waals surface area contributed by atoms with Crippen molar-refractivity contribution in [3.05, 3.63) is 71.3 Å². The van der Waals surface area contributed by atoms with Crippen LogP contribution in [0.5, 0.6) is 0 Å². The molecule has 1 amide bonds. The van der Waals surface area contributed by atoms with Gasteiger partial charge in [0.2, 0.25) is 5.91 Å². The Morgan fingerprint density at radius 3 is 2.40 bits per heavy atom. The molecule has 4 rings (SSSR count). The van der Waals surface area contributed by atoms with Crippen molar-refractivity contribution < 1.29 is 13.7 Å². The average molecular weight is 407 g/mol. The van der Waals surface area contributed by atoms with Gasteiger partial charge in [-0.2, -0.15) is 4.98 Å². The summed E-state index contributed by atoms with van der Waals surface area (Å²) in [5.74, 6) is 0.644. The van der Waals surface area contributed by atoms with E-state index in [1.54, 1.807) is 17.0 Å². The maximum Gasteiger partial charge on any atom is 0.257 e. The van der Waals surface area contributed by atoms with Gasteiger partial charge >= 0.3 is 0 Å². The van der Waals surface area contributed by atoms with Crippen LogP contribution >= 0.6 is 0 Å². The van der Waals surface area contributed by atoms with Gasteiger partial charge in [-0.05, 0) is 47.7 Å². The van der Waals surface area contributed by atoms with Crippen LogP contribution < -0.4 is 0 Å². The third kappa shape index (κ3) is 3.99. The third-order valence-corrected chi connectivity index (χ3v) is 5.78. The van der Waals surface area contributed by atoms with Crippen molar-refractivity contribution in [1.29, 1.82) is 0 Å². The van der Waals surface area contributed by atoms with Crippen LogP contribution in [0, 0.1) is 5.82 Å². The zero-order chi connectivity index (χ0) is 21.5. The fourth-order valence-corrected chi connectivity index (χ4v) is 3.83. The molecule has 0 spiro atoms. The highest BCUT2D eigenvalue weighted by molar-refractivity contribution is 5.80. The Hall–Kier alpha value is -3.02. The Kier molecular flexibility index (Phi) is 5.18. The second kappa shape index (κ2) is 7.67. The predicted octanol–water partition coefficient (Wildman–Crippen LogP) is 5.25. The first-order valence-electron chi connectivity index (χ1n) is 10.2. The van der Waals surface area contributed by atoms with E-state index in [1.165, 1.54) is 17.7 Å². The van der Waals surface area contributed by atoms with E-state index in [4.69, 9.17) is 4.52 Å². The number of aromatic nitrogens is 2. The van der Waals surface area contributed by atoms with E-state index in [1.807, 2.05) is 19.1 Å². The number of hydrogen-bond acceptors (Lipinski definition) is 4. The Labute approximate surface area is 175 Å². The number of rotatable bonds is 4. The lowest BCUT2D eigenvalue weighted by atomic mass is 9.87. The highest BCUT2D eigenvalue weighted by Gasteiger charge is 2.36. The lowest BCUT2D eigenvalue weighted by molar-refractivity contribution is -0.129. The van der Waals surface area contributed by atoms with Crippen LogP contribution in [0.3, 0.4) is 0 Å². The Bertz CT molecular complexity index is 1040. The molecule has 2 aromatic carbocycles. The van der Waals surface area contributed by atoms with Gasteiger partial charge < -0.3 is 9.42 Å². The van der Waals surface area contributed by atoms with E-state index in [0.717, 1.165) is 11.1 Å². The summed E-state index contributed by atoms with van der Waals surface area (Å²) in [6, 6.07) is 14.2. The number of likely N-dealkylation sites (tertiary alicyclic amines) is 1. The standard InChI is InChI=1S/C24H26FN3O2/c1-15(16-7-11-20(25)12-8-16)28-14-18(13-21(28)29)22-26-23(30-27-22)17-5-9-19(10-6-17)24(2,3)4/h5-12,15,18H,13-14H2,1-4H3. The molecule has 1 aliphatic heterocycles. The maximum atomic E-state index is 13.2. The normalized spacial score (nSPS) is 18.1. The van der Waals surface area contributed by atoms with Gasteiger partial charge in [-0.25, -0.2) is 4.39 Å². The molecule has 2 unspecified atom stereocenters. The third-order valence-electron chi connectivity index (χ3n) is 5.78. The molecule has 3 aromatic rings. The Balaban J connectivity index is 1.49. The molecule has 0 bridgehead atoms. The van der Waals surface area contributed by atoms with Crippen LogP contribution in [0.4, 0.5) is 4.39 Å². The number of benzene rings is 2. The maximum absolute atomic E-state index is 13.2. The van der Waals surface area contributed by atoms with Crippen LogP contribution in [0.25, 0.3) is 11.5 Å². The van der Waals surface area contributed by atoms with E-state index in [0.29, 0.717) is 24.7 Å². The quantitative estimate of drug-likeness (QED) is 0.593. The molecular weight excluding hydrogens is 381 g/mol. The van der Waals surface area contributed by atoms with Crippen molar-refractivity contribution in [2.75, 3.05) is 6.54 Å². The lowest BCUT2D eigenvalue weighted by Gasteiger charge is -2.25. The molecule has 1 aliphatic rings. The van der Waals surface area contributed by atoms with Gasteiger partial charge in [-0.3, -0.25) is 4.79 Å². The van der Waals surface area contributed by atoms with E-state index in [-0.39, 0.29) is 29.1 Å². The molecule has 0 N–H and O–H groups in total. The first-order valence-corrected chi connectivity index (χ1v) is 10.2. The van der Waals surface area contributed by atoms with Crippen molar-refractivity contribution in [1.82, 2.24) is 15.0 Å². The molecule has 30 heavy (non-hydrogen) atoms. The van der Waals surface area contributed by atoms with Crippen molar-refractivity contribution in [3.63, 3.8) is 0 Å². The minimum atomic E-state index is -0.286. The van der Waals surface area contributed by atoms with Crippen LogP contribution in [-0.2, 0) is 10.2 Å². The second-order valence-electron chi connectivity index (χ2n) is 8.96. The zero-order valence-corrected chi connectivity index (χ0v) is 17.7. The summed E-state index contributed by atoms with van der Waals surface area (Å²) in [5.41, 5.74) is 3.08. The van der Waals surface area contributed by atoms with E-state index in [9.17, 15) is 9.18 Å². The minimum Gasteiger partial charge on any atom is -0.335 e. The first-order chi connectivity index (χ1) is 14.2. The smallest absolute Gasteiger partial charge is 0.257 e. The van der Waals surface area contributed by atoms with Gasteiger partial charge in [0.1, 0.15) is 5.82 Å². The van der Waals surface area contributed by atoms with Crippen LogP contribution in [0.15, 0.2) is 53.1 Å².